The number of nitrogens with one attached hydrogen (secondary N) is 1. The van der Waals surface area contributed by atoms with Crippen LogP contribution in [0.15, 0.2) is 30.3 Å². The molecular formula is C17H21KN2O6S. The van der Waals surface area contributed by atoms with Gasteiger partial charge in [0, 0.05) is 11.9 Å². The summed E-state index contributed by atoms with van der Waals surface area (Å²) in [6, 6.07) is 7.14. The van der Waals surface area contributed by atoms with Crippen molar-refractivity contribution in [1.82, 2.24) is 10.2 Å². The van der Waals surface area contributed by atoms with Gasteiger partial charge in [-0.15, -0.1) is 11.8 Å². The number of carboxylic acid groups (broad SMARTS) is 1. The molecule has 1 aromatic carbocycles. The number of thioether (sulfide) groups is 1. The van der Waals surface area contributed by atoms with Gasteiger partial charge in [0.15, 0.2) is 6.61 Å². The molecule has 0 saturated carbocycles. The smallest absolute Gasteiger partial charge is 0.548 e. The molecule has 0 radical (unpaired) electrons. The molecule has 2 aliphatic heterocycles. The van der Waals surface area contributed by atoms with Crippen molar-refractivity contribution >= 4 is 29.5 Å². The Kier molecular flexibility index (Phi) is 9.26. The van der Waals surface area contributed by atoms with E-state index in [9.17, 15) is 19.5 Å². The molecule has 1 aromatic rings. The molecule has 0 bridgehead atoms. The van der Waals surface area contributed by atoms with Gasteiger partial charge in [0.25, 0.3) is 5.91 Å². The number of amides is 2. The van der Waals surface area contributed by atoms with Crippen LogP contribution in [-0.4, -0.2) is 63.7 Å². The Morgan fingerprint density at radius 1 is 1.30 bits per heavy atom. The van der Waals surface area contributed by atoms with Gasteiger partial charge in [-0.25, -0.2) is 0 Å². The summed E-state index contributed by atoms with van der Waals surface area (Å²) in [7, 11) is 1.00. The number of benzene rings is 1. The van der Waals surface area contributed by atoms with E-state index in [4.69, 9.17) is 9.84 Å². The quantitative estimate of drug-likeness (QED) is 0.368. The molecule has 142 valence electrons. The van der Waals surface area contributed by atoms with E-state index in [-0.39, 0.29) is 58.0 Å². The van der Waals surface area contributed by atoms with Gasteiger partial charge in [-0.05, 0) is 26.0 Å². The maximum atomic E-state index is 12.2. The van der Waals surface area contributed by atoms with E-state index in [1.54, 1.807) is 38.1 Å². The van der Waals surface area contributed by atoms with Crippen LogP contribution in [0, 0.1) is 0 Å². The van der Waals surface area contributed by atoms with Gasteiger partial charge in [0.2, 0.25) is 5.91 Å². The van der Waals surface area contributed by atoms with E-state index in [0.29, 0.717) is 5.75 Å². The fourth-order valence-electron chi connectivity index (χ4n) is 3.01. The number of nitrogens with zero attached hydrogens (tertiary/aromatic N) is 1. The number of aliphatic hydroxyl groups excluding tert-OH is 1. The third kappa shape index (κ3) is 5.25. The van der Waals surface area contributed by atoms with Crippen molar-refractivity contribution < 1.29 is 80.7 Å². The minimum Gasteiger partial charge on any atom is -0.548 e. The predicted octanol–water partition coefficient (Wildman–Crippen LogP) is -4.03. The average molecular weight is 421 g/mol. The van der Waals surface area contributed by atoms with Crippen LogP contribution >= 0.6 is 11.8 Å². The summed E-state index contributed by atoms with van der Waals surface area (Å²) in [6.45, 7) is 3.29. The molecule has 0 aliphatic carbocycles. The number of β-lactam (4-membered cyclic amide) rings is 1. The Balaban J connectivity index is 0.00000118. The van der Waals surface area contributed by atoms with Crippen molar-refractivity contribution in [2.24, 2.45) is 0 Å². The maximum absolute atomic E-state index is 12.2. The minimum absolute atomic E-state index is 0. The van der Waals surface area contributed by atoms with E-state index < -0.39 is 40.0 Å². The Morgan fingerprint density at radius 3 is 2.44 bits per heavy atom. The second-order valence-electron chi connectivity index (χ2n) is 6.23. The summed E-state index contributed by atoms with van der Waals surface area (Å²) < 4.78 is 4.67. The van der Waals surface area contributed by atoms with E-state index in [1.165, 1.54) is 16.7 Å². The van der Waals surface area contributed by atoms with Crippen molar-refractivity contribution in [1.29, 1.82) is 0 Å². The minimum atomic E-state index is -1.28. The Bertz CT molecular complexity index is 687. The third-order valence-electron chi connectivity index (χ3n) is 4.09. The number of hydrogen-bond acceptors (Lipinski definition) is 7. The number of ether oxygens (including phenoxy) is 1. The number of carboxylic acids is 1. The van der Waals surface area contributed by atoms with E-state index >= 15 is 0 Å². The van der Waals surface area contributed by atoms with Gasteiger partial charge >= 0.3 is 51.4 Å². The summed E-state index contributed by atoms with van der Waals surface area (Å²) in [5.74, 6) is -1.55. The predicted molar refractivity (Wildman–Crippen MR) is 93.1 cm³/mol. The number of para-hydroxylation sites is 1. The number of rotatable bonds is 5. The van der Waals surface area contributed by atoms with Crippen molar-refractivity contribution in [3.05, 3.63) is 30.3 Å². The number of carbonyl (C=O) groups excluding carboxylic acids is 3. The summed E-state index contributed by atoms with van der Waals surface area (Å²) in [5, 5.41) is 20.5. The Hall–Kier alpha value is -0.624. The first-order valence-corrected chi connectivity index (χ1v) is 8.82. The molecule has 27 heavy (non-hydrogen) atoms. The second kappa shape index (κ2) is 10.2. The molecule has 2 aliphatic rings. The first-order chi connectivity index (χ1) is 12.3. The van der Waals surface area contributed by atoms with Gasteiger partial charge in [0.1, 0.15) is 17.2 Å². The van der Waals surface area contributed by atoms with Crippen molar-refractivity contribution in [3.8, 4) is 5.75 Å². The molecule has 2 N–H and O–H groups in total. The standard InChI is InChI=1S/C16H18N2O5S.CH4O.K/c1-16(2)12(15(21)22)18-13(20)11(14(18)24-16)17-10(19)8-23-9-6-4-3-5-7-9;1-2;/h3-7,11-12,14H,8H2,1-2H3,(H,17,19)(H,21,22);2H,1H3;/q;;+1/p-1/t11-,12+,14-;;/m1../s1. The molecule has 2 fully saturated rings. The zero-order valence-corrected chi connectivity index (χ0v) is 19.6. The molecule has 0 spiro atoms. The van der Waals surface area contributed by atoms with E-state index in [0.717, 1.165) is 7.11 Å². The first kappa shape index (κ1) is 24.4. The van der Waals surface area contributed by atoms with Crippen molar-refractivity contribution in [3.63, 3.8) is 0 Å². The summed E-state index contributed by atoms with van der Waals surface area (Å²) in [5.41, 5.74) is 0. The first-order valence-electron chi connectivity index (χ1n) is 7.94. The number of hydrogen-bond donors (Lipinski definition) is 2. The molecule has 3 atom stereocenters. The van der Waals surface area contributed by atoms with Gasteiger partial charge in [-0.3, -0.25) is 9.59 Å². The molecule has 10 heteroatoms. The SMILES string of the molecule is CC1(C)S[C@@H]2[C@H](NC(=O)COc3ccccc3)C(=O)N2[C@H]1C(=O)[O-].CO.[K+]. The van der Waals surface area contributed by atoms with Crippen LogP contribution < -0.4 is 66.5 Å². The molecule has 2 saturated heterocycles. The van der Waals surface area contributed by atoms with Gasteiger partial charge < -0.3 is 30.0 Å². The van der Waals surface area contributed by atoms with Crippen LogP contribution in [0.2, 0.25) is 0 Å². The second-order valence-corrected chi connectivity index (χ2v) is 8.00. The normalized spacial score (nSPS) is 24.4. The molecule has 3 rings (SSSR count). The summed E-state index contributed by atoms with van der Waals surface area (Å²) in [6.07, 6.45) is 0. The summed E-state index contributed by atoms with van der Waals surface area (Å²) in [4.78, 5) is 36.8. The fourth-order valence-corrected chi connectivity index (χ4v) is 4.63. The van der Waals surface area contributed by atoms with Gasteiger partial charge in [-0.1, -0.05) is 18.2 Å². The zero-order chi connectivity index (χ0) is 19.5. The Labute approximate surface area is 204 Å². The van der Waals surface area contributed by atoms with Crippen molar-refractivity contribution in [2.75, 3.05) is 13.7 Å². The maximum Gasteiger partial charge on any atom is 1.00 e. The van der Waals surface area contributed by atoms with E-state index in [2.05, 4.69) is 5.32 Å². The van der Waals surface area contributed by atoms with Crippen LogP contribution in [0.5, 0.6) is 5.75 Å². The van der Waals surface area contributed by atoms with Crippen LogP contribution in [0.3, 0.4) is 0 Å². The van der Waals surface area contributed by atoms with Gasteiger partial charge in [0.05, 0.1) is 12.0 Å². The average Bonchev–Trinajstić information content (AvgIpc) is 2.88. The molecule has 0 aromatic heterocycles. The fraction of sp³-hybridized carbons (Fsp3) is 0.471. The van der Waals surface area contributed by atoms with Crippen molar-refractivity contribution in [2.45, 2.75) is 36.1 Å². The molecule has 2 amide bonds. The molecule has 8 nitrogen and oxygen atoms in total. The molecule has 2 heterocycles. The topological polar surface area (TPSA) is 119 Å². The molecule has 0 unspecified atom stereocenters. The van der Waals surface area contributed by atoms with Gasteiger partial charge in [-0.2, -0.15) is 0 Å². The van der Waals surface area contributed by atoms with Crippen LogP contribution in [0.4, 0.5) is 0 Å². The van der Waals surface area contributed by atoms with Crippen LogP contribution in [0.25, 0.3) is 0 Å². The number of aliphatic carboxylic acids is 1. The summed E-state index contributed by atoms with van der Waals surface area (Å²) >= 11 is 1.35. The largest absolute Gasteiger partial charge is 1.00 e. The Morgan fingerprint density at radius 2 is 1.89 bits per heavy atom. The monoisotopic (exact) mass is 420 g/mol. The van der Waals surface area contributed by atoms with Crippen LogP contribution in [0.1, 0.15) is 13.8 Å². The van der Waals surface area contributed by atoms with E-state index in [1.807, 2.05) is 6.07 Å². The number of aliphatic hydroxyl groups is 1. The van der Waals surface area contributed by atoms with Crippen LogP contribution in [-0.2, 0) is 14.4 Å². The number of fused-ring (bicyclic) bond motifs is 1. The third-order valence-corrected chi connectivity index (χ3v) is 5.67. The number of carbonyl (C=O) groups is 3. The zero-order valence-electron chi connectivity index (χ0n) is 15.7. The molecular weight excluding hydrogens is 399 g/mol.